The number of rotatable bonds is 1. The molecule has 2 N–H and O–H groups in total. The van der Waals surface area contributed by atoms with Gasteiger partial charge in [-0.2, -0.15) is 0 Å². The molecule has 0 aliphatic heterocycles. The van der Waals surface area contributed by atoms with Gasteiger partial charge in [-0.25, -0.2) is 24.4 Å². The van der Waals surface area contributed by atoms with Gasteiger partial charge in [-0.1, -0.05) is 29.3 Å². The molecule has 0 unspecified atom stereocenters. The van der Waals surface area contributed by atoms with Crippen LogP contribution in [0.1, 0.15) is 0 Å². The minimum Gasteiger partial charge on any atom is -0.247 e. The highest BCUT2D eigenvalue weighted by Gasteiger charge is 2.11. The van der Waals surface area contributed by atoms with E-state index >= 15 is 0 Å². The Labute approximate surface area is 93.2 Å². The van der Waals surface area contributed by atoms with Gasteiger partial charge >= 0.3 is 11.4 Å². The van der Waals surface area contributed by atoms with Crippen molar-refractivity contribution in [2.75, 3.05) is 0 Å². The van der Waals surface area contributed by atoms with Gasteiger partial charge in [0.15, 0.2) is 0 Å². The highest BCUT2D eigenvalue weighted by molar-refractivity contribution is 6.43. The predicted molar refractivity (Wildman–Crippen MR) is 57.0 cm³/mol. The standard InChI is InChI=1S/C8H5Cl2N3O2/c9-4-2-1-3-5(6(4)10)13-7(14)11-12-8(13)15/h1-3H,(H,11,14)(H,12,15). The second kappa shape index (κ2) is 3.60. The number of aromatic amines is 2. The highest BCUT2D eigenvalue weighted by Crippen LogP contribution is 2.26. The Morgan fingerprint density at radius 1 is 1.07 bits per heavy atom. The summed E-state index contributed by atoms with van der Waals surface area (Å²) < 4.78 is 0.869. The highest BCUT2D eigenvalue weighted by atomic mass is 35.5. The lowest BCUT2D eigenvalue weighted by Gasteiger charge is -2.03. The third-order valence-corrected chi connectivity index (χ3v) is 2.66. The number of hydrogen-bond acceptors (Lipinski definition) is 2. The van der Waals surface area contributed by atoms with Crippen molar-refractivity contribution in [2.24, 2.45) is 0 Å². The number of hydrogen-bond donors (Lipinski definition) is 2. The summed E-state index contributed by atoms with van der Waals surface area (Å²) in [5, 5.41) is 4.74. The molecule has 15 heavy (non-hydrogen) atoms. The Bertz CT molecular complexity index is 583. The molecular formula is C8H5Cl2N3O2. The third kappa shape index (κ3) is 1.60. The molecular weight excluding hydrogens is 241 g/mol. The summed E-state index contributed by atoms with van der Waals surface area (Å²) in [6.07, 6.45) is 0. The molecule has 78 valence electrons. The van der Waals surface area contributed by atoms with Gasteiger partial charge in [0.25, 0.3) is 0 Å². The minimum absolute atomic E-state index is 0.159. The van der Waals surface area contributed by atoms with Gasteiger partial charge in [0, 0.05) is 0 Å². The summed E-state index contributed by atoms with van der Waals surface area (Å²) in [5.74, 6) is 0. The molecule has 2 aromatic rings. The first kappa shape index (κ1) is 10.1. The number of nitrogens with one attached hydrogen (secondary N) is 2. The van der Waals surface area contributed by atoms with Crippen LogP contribution in [0.15, 0.2) is 27.8 Å². The molecule has 0 aliphatic carbocycles. The molecule has 5 nitrogen and oxygen atoms in total. The van der Waals surface area contributed by atoms with Crippen LogP contribution >= 0.6 is 23.2 Å². The Kier molecular flexibility index (Phi) is 2.42. The van der Waals surface area contributed by atoms with E-state index < -0.39 is 11.4 Å². The molecule has 2 rings (SSSR count). The summed E-state index contributed by atoms with van der Waals surface area (Å²) in [6, 6.07) is 4.69. The van der Waals surface area contributed by atoms with E-state index in [-0.39, 0.29) is 15.7 Å². The zero-order valence-electron chi connectivity index (χ0n) is 7.25. The number of aromatic nitrogens is 3. The van der Waals surface area contributed by atoms with E-state index in [1.54, 1.807) is 12.1 Å². The SMILES string of the molecule is O=c1[nH][nH]c(=O)n1-c1cccc(Cl)c1Cl. The molecule has 0 saturated carbocycles. The van der Waals surface area contributed by atoms with Gasteiger partial charge in [-0.05, 0) is 12.1 Å². The first-order valence-electron chi connectivity index (χ1n) is 3.95. The van der Waals surface area contributed by atoms with Crippen LogP contribution < -0.4 is 11.4 Å². The maximum Gasteiger partial charge on any atom is 0.349 e. The fourth-order valence-corrected chi connectivity index (χ4v) is 1.57. The quantitative estimate of drug-likeness (QED) is 0.792. The van der Waals surface area contributed by atoms with Crippen molar-refractivity contribution in [3.05, 3.63) is 49.2 Å². The molecule has 0 fully saturated rings. The van der Waals surface area contributed by atoms with Gasteiger partial charge in [-0.15, -0.1) is 0 Å². The first-order valence-corrected chi connectivity index (χ1v) is 4.71. The fraction of sp³-hybridized carbons (Fsp3) is 0. The van der Waals surface area contributed by atoms with Crippen molar-refractivity contribution >= 4 is 23.2 Å². The predicted octanol–water partition coefficient (Wildman–Crippen LogP) is 1.16. The zero-order chi connectivity index (χ0) is 11.0. The summed E-state index contributed by atoms with van der Waals surface area (Å²) in [5.41, 5.74) is -0.940. The molecule has 0 aliphatic rings. The van der Waals surface area contributed by atoms with E-state index in [4.69, 9.17) is 23.2 Å². The van der Waals surface area contributed by atoms with Crippen molar-refractivity contribution in [2.45, 2.75) is 0 Å². The van der Waals surface area contributed by atoms with Crippen molar-refractivity contribution in [3.63, 3.8) is 0 Å². The Hall–Kier alpha value is -1.46. The molecule has 1 aromatic heterocycles. The number of halogens is 2. The summed E-state index contributed by atoms with van der Waals surface area (Å²) in [4.78, 5) is 22.6. The van der Waals surface area contributed by atoms with Gasteiger partial charge in [0.05, 0.1) is 15.7 Å². The largest absolute Gasteiger partial charge is 0.349 e. The van der Waals surface area contributed by atoms with Gasteiger partial charge < -0.3 is 0 Å². The maximum absolute atomic E-state index is 11.3. The minimum atomic E-state index is -0.593. The molecule has 0 amide bonds. The van der Waals surface area contributed by atoms with E-state index in [2.05, 4.69) is 10.2 Å². The normalized spacial score (nSPS) is 10.5. The van der Waals surface area contributed by atoms with Crippen LogP contribution in [0.4, 0.5) is 0 Å². The monoisotopic (exact) mass is 245 g/mol. The number of nitrogens with zero attached hydrogens (tertiary/aromatic N) is 1. The molecule has 0 radical (unpaired) electrons. The van der Waals surface area contributed by atoms with Gasteiger partial charge in [0.2, 0.25) is 0 Å². The average Bonchev–Trinajstić information content (AvgIpc) is 2.52. The molecule has 0 atom stereocenters. The summed E-state index contributed by atoms with van der Waals surface area (Å²) in [6.45, 7) is 0. The molecule has 7 heteroatoms. The van der Waals surface area contributed by atoms with Crippen LogP contribution in [0.3, 0.4) is 0 Å². The second-order valence-corrected chi connectivity index (χ2v) is 3.55. The molecule has 1 heterocycles. The smallest absolute Gasteiger partial charge is 0.247 e. The number of H-pyrrole nitrogens is 2. The lowest BCUT2D eigenvalue weighted by Crippen LogP contribution is -2.24. The van der Waals surface area contributed by atoms with Crippen molar-refractivity contribution in [1.29, 1.82) is 0 Å². The van der Waals surface area contributed by atoms with Crippen LogP contribution in [0, 0.1) is 0 Å². The van der Waals surface area contributed by atoms with Crippen LogP contribution in [-0.4, -0.2) is 14.8 Å². The van der Waals surface area contributed by atoms with E-state index in [0.717, 1.165) is 4.57 Å². The van der Waals surface area contributed by atoms with E-state index in [9.17, 15) is 9.59 Å². The van der Waals surface area contributed by atoms with E-state index in [1.807, 2.05) is 0 Å². The van der Waals surface area contributed by atoms with Crippen LogP contribution in [0.5, 0.6) is 0 Å². The van der Waals surface area contributed by atoms with Gasteiger partial charge in [-0.3, -0.25) is 0 Å². The second-order valence-electron chi connectivity index (χ2n) is 2.77. The third-order valence-electron chi connectivity index (χ3n) is 1.85. The summed E-state index contributed by atoms with van der Waals surface area (Å²) in [7, 11) is 0. The zero-order valence-corrected chi connectivity index (χ0v) is 8.76. The van der Waals surface area contributed by atoms with Crippen LogP contribution in [0.25, 0.3) is 5.69 Å². The van der Waals surface area contributed by atoms with Gasteiger partial charge in [0.1, 0.15) is 0 Å². The first-order chi connectivity index (χ1) is 7.11. The molecule has 1 aromatic carbocycles. The number of benzene rings is 1. The van der Waals surface area contributed by atoms with Crippen LogP contribution in [0.2, 0.25) is 10.0 Å². The fourth-order valence-electron chi connectivity index (χ4n) is 1.19. The van der Waals surface area contributed by atoms with E-state index in [0.29, 0.717) is 0 Å². The summed E-state index contributed by atoms with van der Waals surface area (Å²) >= 11 is 11.6. The Morgan fingerprint density at radius 3 is 2.27 bits per heavy atom. The maximum atomic E-state index is 11.3. The lowest BCUT2D eigenvalue weighted by molar-refractivity contribution is 0.952. The molecule has 0 spiro atoms. The van der Waals surface area contributed by atoms with E-state index in [1.165, 1.54) is 6.07 Å². The molecule has 0 bridgehead atoms. The average molecular weight is 246 g/mol. The molecule has 0 saturated heterocycles. The lowest BCUT2D eigenvalue weighted by atomic mass is 10.3. The topological polar surface area (TPSA) is 70.7 Å². The Balaban J connectivity index is 2.81. The van der Waals surface area contributed by atoms with Crippen molar-refractivity contribution in [3.8, 4) is 5.69 Å². The Morgan fingerprint density at radius 2 is 1.67 bits per heavy atom. The van der Waals surface area contributed by atoms with Crippen molar-refractivity contribution < 1.29 is 0 Å². The van der Waals surface area contributed by atoms with Crippen LogP contribution in [-0.2, 0) is 0 Å². The van der Waals surface area contributed by atoms with Crippen molar-refractivity contribution in [1.82, 2.24) is 14.8 Å².